The quantitative estimate of drug-likeness (QED) is 0.777. The molecular formula is C14H18N4O. The van der Waals surface area contributed by atoms with Crippen LogP contribution in [0.3, 0.4) is 0 Å². The second-order valence-electron chi connectivity index (χ2n) is 4.41. The topological polar surface area (TPSA) is 80.9 Å². The van der Waals surface area contributed by atoms with Crippen molar-refractivity contribution in [1.82, 2.24) is 9.97 Å². The van der Waals surface area contributed by atoms with E-state index in [1.165, 1.54) is 0 Å². The Morgan fingerprint density at radius 1 is 1.11 bits per heavy atom. The van der Waals surface area contributed by atoms with Crippen LogP contribution in [-0.2, 0) is 4.79 Å². The first-order valence-electron chi connectivity index (χ1n) is 6.50. The van der Waals surface area contributed by atoms with Crippen LogP contribution in [0, 0.1) is 0 Å². The van der Waals surface area contributed by atoms with Gasteiger partial charge in [0.15, 0.2) is 0 Å². The van der Waals surface area contributed by atoms with Gasteiger partial charge in [-0.25, -0.2) is 0 Å². The van der Waals surface area contributed by atoms with E-state index in [-0.39, 0.29) is 5.91 Å². The molecule has 1 amide bonds. The molecule has 5 heteroatoms. The highest BCUT2D eigenvalue weighted by Crippen LogP contribution is 2.15. The Kier molecular flexibility index (Phi) is 4.80. The van der Waals surface area contributed by atoms with Gasteiger partial charge >= 0.3 is 0 Å². The van der Waals surface area contributed by atoms with Crippen molar-refractivity contribution < 1.29 is 4.79 Å². The van der Waals surface area contributed by atoms with Gasteiger partial charge in [0.1, 0.15) is 0 Å². The summed E-state index contributed by atoms with van der Waals surface area (Å²) in [6, 6.07) is 5.53. The van der Waals surface area contributed by atoms with Gasteiger partial charge in [-0.05, 0) is 37.6 Å². The molecule has 19 heavy (non-hydrogen) atoms. The number of rotatable bonds is 6. The van der Waals surface area contributed by atoms with Crippen LogP contribution in [0.1, 0.15) is 25.7 Å². The van der Waals surface area contributed by atoms with E-state index in [0.717, 1.165) is 36.0 Å². The highest BCUT2D eigenvalue weighted by atomic mass is 16.1. The van der Waals surface area contributed by atoms with Crippen molar-refractivity contribution in [2.45, 2.75) is 25.7 Å². The number of aromatic nitrogens is 2. The molecule has 2 aromatic rings. The summed E-state index contributed by atoms with van der Waals surface area (Å²) in [6.45, 7) is 0.685. The van der Waals surface area contributed by atoms with Crippen molar-refractivity contribution in [2.24, 2.45) is 5.73 Å². The maximum Gasteiger partial charge on any atom is 0.224 e. The summed E-state index contributed by atoms with van der Waals surface area (Å²) in [5.41, 5.74) is 7.77. The van der Waals surface area contributed by atoms with Crippen molar-refractivity contribution >= 4 is 22.6 Å². The molecule has 0 aliphatic rings. The lowest BCUT2D eigenvalue weighted by Gasteiger charge is -2.05. The molecular weight excluding hydrogens is 240 g/mol. The van der Waals surface area contributed by atoms with E-state index in [4.69, 9.17) is 5.73 Å². The third-order valence-corrected chi connectivity index (χ3v) is 2.86. The maximum atomic E-state index is 11.7. The van der Waals surface area contributed by atoms with Gasteiger partial charge in [-0.3, -0.25) is 14.8 Å². The van der Waals surface area contributed by atoms with Crippen LogP contribution in [-0.4, -0.2) is 22.4 Å². The molecule has 1 aromatic heterocycles. The van der Waals surface area contributed by atoms with Crippen molar-refractivity contribution in [3.05, 3.63) is 30.6 Å². The number of carbonyl (C=O) groups excluding carboxylic acids is 1. The molecule has 0 unspecified atom stereocenters. The molecule has 2 rings (SSSR count). The molecule has 0 fully saturated rings. The van der Waals surface area contributed by atoms with E-state index in [1.807, 2.05) is 18.2 Å². The Morgan fingerprint density at radius 3 is 2.68 bits per heavy atom. The van der Waals surface area contributed by atoms with E-state index in [2.05, 4.69) is 15.3 Å². The molecule has 0 spiro atoms. The number of unbranched alkanes of at least 4 members (excludes halogenated alkanes) is 2. The predicted octanol–water partition coefficient (Wildman–Crippen LogP) is 2.09. The summed E-state index contributed by atoms with van der Waals surface area (Å²) in [5.74, 6) is 0.0280. The second-order valence-corrected chi connectivity index (χ2v) is 4.41. The number of nitrogens with zero attached hydrogens (tertiary/aromatic N) is 2. The molecule has 0 saturated heterocycles. The van der Waals surface area contributed by atoms with E-state index in [0.29, 0.717) is 13.0 Å². The average molecular weight is 258 g/mol. The average Bonchev–Trinajstić information content (AvgIpc) is 2.43. The van der Waals surface area contributed by atoms with Crippen LogP contribution in [0.4, 0.5) is 5.69 Å². The number of fused-ring (bicyclic) bond motifs is 1. The van der Waals surface area contributed by atoms with Crippen molar-refractivity contribution in [3.8, 4) is 0 Å². The fourth-order valence-electron chi connectivity index (χ4n) is 1.87. The van der Waals surface area contributed by atoms with Crippen LogP contribution in [0.25, 0.3) is 11.0 Å². The number of nitrogens with two attached hydrogens (primary N) is 1. The number of hydrogen-bond donors (Lipinski definition) is 2. The number of benzene rings is 1. The Labute approximate surface area is 112 Å². The van der Waals surface area contributed by atoms with Crippen molar-refractivity contribution in [2.75, 3.05) is 11.9 Å². The molecule has 1 aromatic carbocycles. The molecule has 0 bridgehead atoms. The third kappa shape index (κ3) is 3.99. The second kappa shape index (κ2) is 6.80. The summed E-state index contributed by atoms with van der Waals surface area (Å²) >= 11 is 0. The van der Waals surface area contributed by atoms with Gasteiger partial charge in [0.2, 0.25) is 5.91 Å². The first-order valence-corrected chi connectivity index (χ1v) is 6.50. The van der Waals surface area contributed by atoms with Gasteiger partial charge < -0.3 is 11.1 Å². The van der Waals surface area contributed by atoms with Gasteiger partial charge in [0.05, 0.1) is 11.0 Å². The van der Waals surface area contributed by atoms with Crippen molar-refractivity contribution in [1.29, 1.82) is 0 Å². The molecule has 1 heterocycles. The zero-order chi connectivity index (χ0) is 13.5. The van der Waals surface area contributed by atoms with Gasteiger partial charge in [-0.2, -0.15) is 0 Å². The molecule has 100 valence electrons. The molecule has 5 nitrogen and oxygen atoms in total. The first kappa shape index (κ1) is 13.4. The van der Waals surface area contributed by atoms with Crippen LogP contribution >= 0.6 is 0 Å². The normalized spacial score (nSPS) is 10.6. The highest BCUT2D eigenvalue weighted by Gasteiger charge is 2.03. The zero-order valence-electron chi connectivity index (χ0n) is 10.8. The Morgan fingerprint density at radius 2 is 1.89 bits per heavy atom. The number of hydrogen-bond acceptors (Lipinski definition) is 4. The minimum atomic E-state index is 0.0280. The molecule has 0 aliphatic heterocycles. The Bertz CT molecular complexity index is 556. The lowest BCUT2D eigenvalue weighted by molar-refractivity contribution is -0.116. The Hall–Kier alpha value is -2.01. The van der Waals surface area contributed by atoms with Crippen LogP contribution in [0.15, 0.2) is 30.6 Å². The fraction of sp³-hybridized carbons (Fsp3) is 0.357. The maximum absolute atomic E-state index is 11.7. The standard InChI is InChI=1S/C14H18N4O/c15-7-3-1-2-4-14(19)18-11-5-6-12-13(10-11)17-9-8-16-12/h5-6,8-10H,1-4,7,15H2,(H,18,19). The molecule has 0 radical (unpaired) electrons. The summed E-state index contributed by atoms with van der Waals surface area (Å²) in [6.07, 6.45) is 6.65. The first-order chi connectivity index (χ1) is 9.29. The zero-order valence-corrected chi connectivity index (χ0v) is 10.8. The molecule has 3 N–H and O–H groups in total. The number of amides is 1. The third-order valence-electron chi connectivity index (χ3n) is 2.86. The monoisotopic (exact) mass is 258 g/mol. The van der Waals surface area contributed by atoms with E-state index in [1.54, 1.807) is 12.4 Å². The molecule has 0 atom stereocenters. The van der Waals surface area contributed by atoms with E-state index >= 15 is 0 Å². The lowest BCUT2D eigenvalue weighted by atomic mass is 10.2. The molecule has 0 aliphatic carbocycles. The minimum Gasteiger partial charge on any atom is -0.330 e. The predicted molar refractivity (Wildman–Crippen MR) is 75.7 cm³/mol. The largest absolute Gasteiger partial charge is 0.330 e. The summed E-state index contributed by atoms with van der Waals surface area (Å²) < 4.78 is 0. The number of anilines is 1. The SMILES string of the molecule is NCCCCCC(=O)Nc1ccc2nccnc2c1. The van der Waals surface area contributed by atoms with Crippen LogP contribution in [0.2, 0.25) is 0 Å². The summed E-state index contributed by atoms with van der Waals surface area (Å²) in [4.78, 5) is 20.1. The summed E-state index contributed by atoms with van der Waals surface area (Å²) in [5, 5.41) is 2.87. The van der Waals surface area contributed by atoms with Gasteiger partial charge in [-0.1, -0.05) is 6.42 Å². The fourth-order valence-corrected chi connectivity index (χ4v) is 1.87. The van der Waals surface area contributed by atoms with E-state index in [9.17, 15) is 4.79 Å². The van der Waals surface area contributed by atoms with E-state index < -0.39 is 0 Å². The van der Waals surface area contributed by atoms with Crippen LogP contribution in [0.5, 0.6) is 0 Å². The number of nitrogens with one attached hydrogen (secondary N) is 1. The van der Waals surface area contributed by atoms with Gasteiger partial charge in [0, 0.05) is 24.5 Å². The smallest absolute Gasteiger partial charge is 0.224 e. The van der Waals surface area contributed by atoms with Crippen LogP contribution < -0.4 is 11.1 Å². The highest BCUT2D eigenvalue weighted by molar-refractivity contribution is 5.92. The van der Waals surface area contributed by atoms with Gasteiger partial charge in [0.25, 0.3) is 0 Å². The summed E-state index contributed by atoms with van der Waals surface area (Å²) in [7, 11) is 0. The number of carbonyl (C=O) groups is 1. The molecule has 0 saturated carbocycles. The van der Waals surface area contributed by atoms with Crippen molar-refractivity contribution in [3.63, 3.8) is 0 Å². The lowest BCUT2D eigenvalue weighted by Crippen LogP contribution is -2.11. The Balaban J connectivity index is 1.91. The minimum absolute atomic E-state index is 0.0280. The van der Waals surface area contributed by atoms with Gasteiger partial charge in [-0.15, -0.1) is 0 Å².